The van der Waals surface area contributed by atoms with Crippen molar-refractivity contribution in [1.29, 1.82) is 0 Å². The number of fused-ring (bicyclic) bond motifs is 1. The third-order valence-electron chi connectivity index (χ3n) is 5.91. The smallest absolute Gasteiger partial charge is 0.414 e. The largest absolute Gasteiger partial charge is 0.446 e. The van der Waals surface area contributed by atoms with E-state index in [4.69, 9.17) is 15.2 Å². The van der Waals surface area contributed by atoms with Gasteiger partial charge < -0.3 is 25.4 Å². The molecule has 1 aromatic carbocycles. The van der Waals surface area contributed by atoms with E-state index in [2.05, 4.69) is 5.32 Å². The van der Waals surface area contributed by atoms with Crippen LogP contribution in [-0.4, -0.2) is 61.0 Å². The summed E-state index contributed by atoms with van der Waals surface area (Å²) < 4.78 is 25.2. The minimum Gasteiger partial charge on any atom is -0.446 e. The number of hydrogen-bond donors (Lipinski definition) is 2. The zero-order valence-corrected chi connectivity index (χ0v) is 17.8. The number of hydrogen-bond acceptors (Lipinski definition) is 5. The summed E-state index contributed by atoms with van der Waals surface area (Å²) in [4.78, 5) is 38.2. The van der Waals surface area contributed by atoms with Crippen molar-refractivity contribution in [2.45, 2.75) is 38.3 Å². The first-order valence-corrected chi connectivity index (χ1v) is 10.3. The van der Waals surface area contributed by atoms with E-state index in [1.807, 2.05) is 20.8 Å². The van der Waals surface area contributed by atoms with E-state index in [9.17, 15) is 18.8 Å². The lowest BCUT2D eigenvalue weighted by atomic mass is 10.1. The Morgan fingerprint density at radius 2 is 1.94 bits per heavy atom. The second-order valence-electron chi connectivity index (χ2n) is 9.39. The molecule has 168 valence electrons. The predicted octanol–water partition coefficient (Wildman–Crippen LogP) is 2.40. The molecular weight excluding hydrogens is 407 g/mol. The van der Waals surface area contributed by atoms with E-state index < -0.39 is 29.9 Å². The van der Waals surface area contributed by atoms with Gasteiger partial charge in [-0.25, -0.2) is 18.8 Å². The number of primary amides is 1. The van der Waals surface area contributed by atoms with Gasteiger partial charge in [-0.1, -0.05) is 6.07 Å². The SMILES string of the molecule is CC(C)(C)NC(=O)OC[C@@H]1CN(c2ccc(C3[C@H]4CN(C(N)=O)C[C@@H]34)c(F)c2)C(=O)O1. The number of cyclic esters (lactones) is 1. The zero-order valence-electron chi connectivity index (χ0n) is 17.8. The lowest BCUT2D eigenvalue weighted by molar-refractivity contribution is 0.0705. The van der Waals surface area contributed by atoms with Crippen LogP contribution in [0.25, 0.3) is 0 Å². The number of urea groups is 1. The quantitative estimate of drug-likeness (QED) is 0.755. The van der Waals surface area contributed by atoms with Crippen LogP contribution < -0.4 is 16.0 Å². The fraction of sp³-hybridized carbons (Fsp3) is 0.571. The maximum absolute atomic E-state index is 14.8. The van der Waals surface area contributed by atoms with Crippen molar-refractivity contribution >= 4 is 23.9 Å². The summed E-state index contributed by atoms with van der Waals surface area (Å²) in [5.41, 5.74) is 5.85. The summed E-state index contributed by atoms with van der Waals surface area (Å²) in [5, 5.41) is 2.66. The average molecular weight is 434 g/mol. The van der Waals surface area contributed by atoms with Crippen LogP contribution in [0.2, 0.25) is 0 Å². The molecule has 1 aliphatic carbocycles. The Hall–Kier alpha value is -3.04. The molecule has 1 unspecified atom stereocenters. The van der Waals surface area contributed by atoms with Gasteiger partial charge in [0.25, 0.3) is 0 Å². The number of alkyl carbamates (subject to hydrolysis) is 1. The number of likely N-dealkylation sites (tertiary alicyclic amines) is 1. The lowest BCUT2D eigenvalue weighted by Crippen LogP contribution is -2.42. The molecule has 10 heteroatoms. The highest BCUT2D eigenvalue weighted by atomic mass is 19.1. The molecule has 0 spiro atoms. The van der Waals surface area contributed by atoms with E-state index in [1.54, 1.807) is 17.0 Å². The molecule has 3 N–H and O–H groups in total. The van der Waals surface area contributed by atoms with Crippen LogP contribution in [0.3, 0.4) is 0 Å². The molecule has 9 nitrogen and oxygen atoms in total. The number of piperidine rings is 1. The summed E-state index contributed by atoms with van der Waals surface area (Å²) in [5.74, 6) is 0.132. The topological polar surface area (TPSA) is 114 Å². The van der Waals surface area contributed by atoms with Crippen LogP contribution in [0.1, 0.15) is 32.3 Å². The number of anilines is 1. The van der Waals surface area contributed by atoms with Crippen molar-refractivity contribution < 1.29 is 28.2 Å². The van der Waals surface area contributed by atoms with E-state index in [1.165, 1.54) is 11.0 Å². The van der Waals surface area contributed by atoms with Crippen molar-refractivity contribution in [2.75, 3.05) is 31.1 Å². The van der Waals surface area contributed by atoms with Crippen LogP contribution in [0.5, 0.6) is 0 Å². The molecule has 4 amide bonds. The van der Waals surface area contributed by atoms with Gasteiger partial charge in [0.05, 0.1) is 12.2 Å². The average Bonchev–Trinajstić information content (AvgIpc) is 3.00. The fourth-order valence-corrected chi connectivity index (χ4v) is 4.45. The molecule has 3 aliphatic rings. The minimum atomic E-state index is -0.636. The van der Waals surface area contributed by atoms with Crippen molar-refractivity contribution in [3.63, 3.8) is 0 Å². The predicted molar refractivity (Wildman–Crippen MR) is 109 cm³/mol. The first-order chi connectivity index (χ1) is 14.5. The third kappa shape index (κ3) is 4.38. The summed E-state index contributed by atoms with van der Waals surface area (Å²) in [6, 6.07) is 4.26. The second kappa shape index (κ2) is 7.58. The van der Waals surface area contributed by atoms with E-state index in [-0.39, 0.29) is 36.7 Å². The Morgan fingerprint density at radius 1 is 1.26 bits per heavy atom. The van der Waals surface area contributed by atoms with Gasteiger partial charge >= 0.3 is 18.2 Å². The molecule has 0 bridgehead atoms. The first-order valence-electron chi connectivity index (χ1n) is 10.3. The molecule has 3 fully saturated rings. The minimum absolute atomic E-state index is 0.0673. The van der Waals surface area contributed by atoms with Gasteiger partial charge in [0.2, 0.25) is 0 Å². The molecule has 2 saturated heterocycles. The van der Waals surface area contributed by atoms with E-state index >= 15 is 0 Å². The third-order valence-corrected chi connectivity index (χ3v) is 5.91. The standard InChI is InChI=1S/C21H27FN4O5/c1-21(2,3)24-19(28)30-10-12-7-26(20(29)31-12)11-4-5-13(16(22)6-11)17-14-8-25(18(23)27)9-15(14)17/h4-6,12,14-15,17H,7-10H2,1-3H3,(H2,23,27)(H,24,28)/t12-,14-,15+,17?/m0/s1. The van der Waals surface area contributed by atoms with Crippen molar-refractivity contribution in [3.05, 3.63) is 29.6 Å². The van der Waals surface area contributed by atoms with Gasteiger partial charge in [0.1, 0.15) is 12.4 Å². The van der Waals surface area contributed by atoms with Crippen molar-refractivity contribution in [3.8, 4) is 0 Å². The Bertz CT molecular complexity index is 906. The van der Waals surface area contributed by atoms with Gasteiger partial charge in [0, 0.05) is 18.6 Å². The number of halogens is 1. The number of nitrogens with one attached hydrogen (secondary N) is 1. The number of rotatable bonds is 4. The van der Waals surface area contributed by atoms with Gasteiger partial charge in [-0.15, -0.1) is 0 Å². The Morgan fingerprint density at radius 3 is 2.52 bits per heavy atom. The maximum Gasteiger partial charge on any atom is 0.414 e. The van der Waals surface area contributed by atoms with Crippen LogP contribution in [0.15, 0.2) is 18.2 Å². The number of amides is 4. The summed E-state index contributed by atoms with van der Waals surface area (Å²) >= 11 is 0. The second-order valence-corrected chi connectivity index (χ2v) is 9.39. The zero-order chi connectivity index (χ0) is 22.5. The van der Waals surface area contributed by atoms with Gasteiger partial charge in [-0.3, -0.25) is 4.90 Å². The van der Waals surface area contributed by atoms with Crippen molar-refractivity contribution in [1.82, 2.24) is 10.2 Å². The normalized spacial score (nSPS) is 27.0. The highest BCUT2D eigenvalue weighted by Gasteiger charge is 2.57. The number of nitrogens with zero attached hydrogens (tertiary/aromatic N) is 2. The Kier molecular flexibility index (Phi) is 5.18. The molecule has 4 atom stereocenters. The molecule has 2 aliphatic heterocycles. The Labute approximate surface area is 179 Å². The molecule has 1 aromatic rings. The molecule has 0 aromatic heterocycles. The molecular formula is C21H27FN4O5. The number of benzene rings is 1. The summed E-state index contributed by atoms with van der Waals surface area (Å²) in [6.45, 7) is 6.64. The monoisotopic (exact) mass is 434 g/mol. The van der Waals surface area contributed by atoms with Crippen LogP contribution in [0.4, 0.5) is 24.5 Å². The van der Waals surface area contributed by atoms with Crippen molar-refractivity contribution in [2.24, 2.45) is 17.6 Å². The van der Waals surface area contributed by atoms with E-state index in [0.717, 1.165) is 0 Å². The number of carbonyl (C=O) groups is 3. The summed E-state index contributed by atoms with van der Waals surface area (Å²) in [6.07, 6.45) is -1.84. The van der Waals surface area contributed by atoms with Gasteiger partial charge in [-0.2, -0.15) is 0 Å². The molecule has 1 saturated carbocycles. The maximum atomic E-state index is 14.8. The highest BCUT2D eigenvalue weighted by Crippen LogP contribution is 2.58. The first kappa shape index (κ1) is 21.2. The van der Waals surface area contributed by atoms with Crippen LogP contribution in [0, 0.1) is 17.7 Å². The van der Waals surface area contributed by atoms with Gasteiger partial charge in [0.15, 0.2) is 6.10 Å². The highest BCUT2D eigenvalue weighted by molar-refractivity contribution is 5.89. The number of ether oxygens (including phenoxy) is 2. The molecule has 31 heavy (non-hydrogen) atoms. The summed E-state index contributed by atoms with van der Waals surface area (Å²) in [7, 11) is 0. The van der Waals surface area contributed by atoms with Gasteiger partial charge in [-0.05, 0) is 56.2 Å². The lowest BCUT2D eigenvalue weighted by Gasteiger charge is -2.20. The fourth-order valence-electron chi connectivity index (χ4n) is 4.45. The van der Waals surface area contributed by atoms with E-state index in [0.29, 0.717) is 24.3 Å². The molecule has 0 radical (unpaired) electrons. The Balaban J connectivity index is 1.34. The molecule has 4 rings (SSSR count). The number of nitrogens with two attached hydrogens (primary N) is 1. The van der Waals surface area contributed by atoms with Crippen LogP contribution >= 0.6 is 0 Å². The number of carbonyl (C=O) groups excluding carboxylic acids is 3. The molecule has 2 heterocycles. The van der Waals surface area contributed by atoms with Crippen LogP contribution in [-0.2, 0) is 9.47 Å².